The number of pyridine rings is 1. The molecule has 5 N–H and O–H groups in total. The minimum Gasteiger partial charge on any atom is -0.444 e. The lowest BCUT2D eigenvalue weighted by atomic mass is 9.93. The van der Waals surface area contributed by atoms with Crippen molar-refractivity contribution in [1.29, 1.82) is 0 Å². The third-order valence-electron chi connectivity index (χ3n) is 5.11. The van der Waals surface area contributed by atoms with Gasteiger partial charge in [0, 0.05) is 35.8 Å². The standard InChI is InChI=1S/C24H31N5O3/c1-15(19-14-27-20-8-6-5-7-18(19)20)21(25)22(30)28-13-17-11-16(9-10-26-17)12-29-23(31)32-24(2,3)4/h5-11,14-15,21,27H,12-13,25H2,1-4H3,(H,28,30)(H,29,31)/t15-,21+/m0/s1. The average Bonchev–Trinajstić information content (AvgIpc) is 3.18. The third-order valence-corrected chi connectivity index (χ3v) is 5.11. The number of ether oxygens (including phenoxy) is 1. The molecule has 3 aromatic rings. The summed E-state index contributed by atoms with van der Waals surface area (Å²) in [5.41, 5.74) is 9.26. The fourth-order valence-corrected chi connectivity index (χ4v) is 3.41. The Morgan fingerprint density at radius 3 is 2.66 bits per heavy atom. The Kier molecular flexibility index (Phi) is 7.15. The normalized spacial score (nSPS) is 13.4. The Morgan fingerprint density at radius 1 is 1.16 bits per heavy atom. The molecule has 0 fully saturated rings. The Bertz CT molecular complexity index is 1090. The first-order chi connectivity index (χ1) is 15.1. The van der Waals surface area contributed by atoms with Crippen LogP contribution in [0.3, 0.4) is 0 Å². The smallest absolute Gasteiger partial charge is 0.407 e. The lowest BCUT2D eigenvalue weighted by Gasteiger charge is -2.20. The predicted molar refractivity (Wildman–Crippen MR) is 124 cm³/mol. The molecule has 0 radical (unpaired) electrons. The maximum Gasteiger partial charge on any atom is 0.407 e. The van der Waals surface area contributed by atoms with Gasteiger partial charge in [-0.15, -0.1) is 0 Å². The van der Waals surface area contributed by atoms with E-state index in [0.717, 1.165) is 22.0 Å². The minimum absolute atomic E-state index is 0.163. The Labute approximate surface area is 187 Å². The van der Waals surface area contributed by atoms with E-state index in [1.54, 1.807) is 12.3 Å². The van der Waals surface area contributed by atoms with Crippen LogP contribution in [0.15, 0.2) is 48.8 Å². The number of rotatable bonds is 7. The summed E-state index contributed by atoms with van der Waals surface area (Å²) in [7, 11) is 0. The molecule has 8 nitrogen and oxygen atoms in total. The van der Waals surface area contributed by atoms with E-state index in [-0.39, 0.29) is 18.4 Å². The van der Waals surface area contributed by atoms with E-state index in [0.29, 0.717) is 12.2 Å². The summed E-state index contributed by atoms with van der Waals surface area (Å²) in [6.45, 7) is 7.92. The zero-order valence-electron chi connectivity index (χ0n) is 18.9. The molecule has 0 saturated carbocycles. The van der Waals surface area contributed by atoms with Crippen molar-refractivity contribution in [3.05, 3.63) is 65.6 Å². The number of benzene rings is 1. The molecule has 32 heavy (non-hydrogen) atoms. The number of nitrogens with one attached hydrogen (secondary N) is 3. The van der Waals surface area contributed by atoms with Gasteiger partial charge in [-0.3, -0.25) is 9.78 Å². The monoisotopic (exact) mass is 437 g/mol. The van der Waals surface area contributed by atoms with E-state index in [1.165, 1.54) is 0 Å². The second-order valence-corrected chi connectivity index (χ2v) is 8.83. The molecular formula is C24H31N5O3. The highest BCUT2D eigenvalue weighted by atomic mass is 16.6. The number of fused-ring (bicyclic) bond motifs is 1. The summed E-state index contributed by atoms with van der Waals surface area (Å²) in [4.78, 5) is 32.0. The number of hydrogen-bond donors (Lipinski definition) is 4. The molecule has 0 aliphatic rings. The van der Waals surface area contributed by atoms with E-state index < -0.39 is 17.7 Å². The fraction of sp³-hybridized carbons (Fsp3) is 0.375. The number of aromatic amines is 1. The van der Waals surface area contributed by atoms with Crippen molar-refractivity contribution < 1.29 is 14.3 Å². The fourth-order valence-electron chi connectivity index (χ4n) is 3.41. The quantitative estimate of drug-likeness (QED) is 0.452. The van der Waals surface area contributed by atoms with Crippen molar-refractivity contribution in [2.45, 2.75) is 58.3 Å². The van der Waals surface area contributed by atoms with E-state index in [2.05, 4.69) is 20.6 Å². The molecule has 170 valence electrons. The maximum atomic E-state index is 12.7. The van der Waals surface area contributed by atoms with Gasteiger partial charge in [-0.25, -0.2) is 4.79 Å². The van der Waals surface area contributed by atoms with Gasteiger partial charge in [-0.2, -0.15) is 0 Å². The van der Waals surface area contributed by atoms with Gasteiger partial charge in [0.05, 0.1) is 18.3 Å². The summed E-state index contributed by atoms with van der Waals surface area (Å²) in [5.74, 6) is -0.412. The molecule has 8 heteroatoms. The Morgan fingerprint density at radius 2 is 1.91 bits per heavy atom. The number of nitrogens with zero attached hydrogens (tertiary/aromatic N) is 1. The number of aromatic nitrogens is 2. The van der Waals surface area contributed by atoms with Crippen LogP contribution in [0.2, 0.25) is 0 Å². The van der Waals surface area contributed by atoms with Gasteiger partial charge in [-0.05, 0) is 50.1 Å². The zero-order chi connectivity index (χ0) is 23.3. The lowest BCUT2D eigenvalue weighted by Crippen LogP contribution is -2.43. The van der Waals surface area contributed by atoms with Gasteiger partial charge in [-0.1, -0.05) is 25.1 Å². The first-order valence-corrected chi connectivity index (χ1v) is 10.6. The number of amides is 2. The summed E-state index contributed by atoms with van der Waals surface area (Å²) in [5, 5.41) is 6.64. The number of carbonyl (C=O) groups excluding carboxylic acids is 2. The van der Waals surface area contributed by atoms with E-state index in [9.17, 15) is 9.59 Å². The first-order valence-electron chi connectivity index (χ1n) is 10.6. The number of hydrogen-bond acceptors (Lipinski definition) is 5. The van der Waals surface area contributed by atoms with Crippen LogP contribution >= 0.6 is 0 Å². The molecule has 2 heterocycles. The van der Waals surface area contributed by atoms with Gasteiger partial charge >= 0.3 is 6.09 Å². The molecule has 0 unspecified atom stereocenters. The summed E-state index contributed by atoms with van der Waals surface area (Å²) in [6.07, 6.45) is 3.06. The van der Waals surface area contributed by atoms with Crippen LogP contribution in [-0.2, 0) is 22.6 Å². The Hall–Kier alpha value is -3.39. The topological polar surface area (TPSA) is 122 Å². The minimum atomic E-state index is -0.703. The molecule has 0 saturated heterocycles. The van der Waals surface area contributed by atoms with Crippen molar-refractivity contribution in [2.75, 3.05) is 0 Å². The first kappa shape index (κ1) is 23.3. The molecule has 2 amide bonds. The van der Waals surface area contributed by atoms with Crippen molar-refractivity contribution in [2.24, 2.45) is 5.73 Å². The number of carbonyl (C=O) groups is 2. The van der Waals surface area contributed by atoms with Crippen molar-refractivity contribution in [1.82, 2.24) is 20.6 Å². The molecule has 0 spiro atoms. The molecule has 2 atom stereocenters. The van der Waals surface area contributed by atoms with Crippen LogP contribution in [0.25, 0.3) is 10.9 Å². The van der Waals surface area contributed by atoms with Gasteiger partial charge in [0.2, 0.25) is 5.91 Å². The highest BCUT2D eigenvalue weighted by Gasteiger charge is 2.24. The molecule has 1 aromatic carbocycles. The maximum absolute atomic E-state index is 12.7. The van der Waals surface area contributed by atoms with Gasteiger partial charge in [0.1, 0.15) is 5.60 Å². The summed E-state index contributed by atoms with van der Waals surface area (Å²) < 4.78 is 5.24. The molecule has 0 aliphatic carbocycles. The lowest BCUT2D eigenvalue weighted by molar-refractivity contribution is -0.122. The van der Waals surface area contributed by atoms with Crippen LogP contribution in [0.1, 0.15) is 50.4 Å². The molecule has 0 aliphatic heterocycles. The Balaban J connectivity index is 1.55. The van der Waals surface area contributed by atoms with E-state index >= 15 is 0 Å². The van der Waals surface area contributed by atoms with Crippen LogP contribution in [-0.4, -0.2) is 33.6 Å². The van der Waals surface area contributed by atoms with E-state index in [1.807, 2.05) is 64.2 Å². The van der Waals surface area contributed by atoms with Gasteiger partial charge in [0.15, 0.2) is 0 Å². The molecule has 2 aromatic heterocycles. The second-order valence-electron chi connectivity index (χ2n) is 8.83. The molecular weight excluding hydrogens is 406 g/mol. The van der Waals surface area contributed by atoms with Crippen molar-refractivity contribution in [3.8, 4) is 0 Å². The van der Waals surface area contributed by atoms with Crippen molar-refractivity contribution >= 4 is 22.9 Å². The summed E-state index contributed by atoms with van der Waals surface area (Å²) >= 11 is 0. The van der Waals surface area contributed by atoms with E-state index in [4.69, 9.17) is 10.5 Å². The summed E-state index contributed by atoms with van der Waals surface area (Å²) in [6, 6.07) is 10.9. The number of nitrogens with two attached hydrogens (primary N) is 1. The van der Waals surface area contributed by atoms with Crippen LogP contribution in [0.4, 0.5) is 4.79 Å². The van der Waals surface area contributed by atoms with Crippen LogP contribution in [0.5, 0.6) is 0 Å². The highest BCUT2D eigenvalue weighted by Crippen LogP contribution is 2.27. The van der Waals surface area contributed by atoms with Gasteiger partial charge < -0.3 is 26.1 Å². The third kappa shape index (κ3) is 6.07. The average molecular weight is 438 g/mol. The van der Waals surface area contributed by atoms with Crippen LogP contribution in [0, 0.1) is 0 Å². The largest absolute Gasteiger partial charge is 0.444 e. The van der Waals surface area contributed by atoms with Gasteiger partial charge in [0.25, 0.3) is 0 Å². The SMILES string of the molecule is C[C@@H](c1c[nH]c2ccccc12)[C@@H](N)C(=O)NCc1cc(CNC(=O)OC(C)(C)C)ccn1. The number of para-hydroxylation sites is 1. The number of H-pyrrole nitrogens is 1. The molecule has 3 rings (SSSR count). The predicted octanol–water partition coefficient (Wildman–Crippen LogP) is 3.33. The highest BCUT2D eigenvalue weighted by molar-refractivity contribution is 5.87. The van der Waals surface area contributed by atoms with Crippen LogP contribution < -0.4 is 16.4 Å². The molecule has 0 bridgehead atoms. The zero-order valence-corrected chi connectivity index (χ0v) is 18.9. The second kappa shape index (κ2) is 9.82. The number of alkyl carbamates (subject to hydrolysis) is 1. The van der Waals surface area contributed by atoms with Crippen molar-refractivity contribution in [3.63, 3.8) is 0 Å².